The molecule has 0 spiro atoms. The van der Waals surface area contributed by atoms with Gasteiger partial charge in [0.1, 0.15) is 6.10 Å². The van der Waals surface area contributed by atoms with Crippen LogP contribution < -0.4 is 0 Å². The van der Waals surface area contributed by atoms with Crippen LogP contribution in [0.25, 0.3) is 0 Å². The molecule has 0 saturated carbocycles. The van der Waals surface area contributed by atoms with E-state index >= 15 is 0 Å². The normalized spacial score (nSPS) is 11.9. The Hall–Kier alpha value is -1.57. The van der Waals surface area contributed by atoms with Gasteiger partial charge in [-0.15, -0.1) is 0 Å². The van der Waals surface area contributed by atoms with E-state index in [1.807, 2.05) is 25.1 Å². The minimum atomic E-state index is -0.287. The third kappa shape index (κ3) is 4.85. The van der Waals surface area contributed by atoms with E-state index in [2.05, 4.69) is 18.7 Å². The van der Waals surface area contributed by atoms with Gasteiger partial charge >= 0.3 is 5.97 Å². The summed E-state index contributed by atoms with van der Waals surface area (Å²) >= 11 is 0. The Morgan fingerprint density at radius 3 is 2.53 bits per heavy atom. The first-order chi connectivity index (χ1) is 8.13. The van der Waals surface area contributed by atoms with Gasteiger partial charge in [0.15, 0.2) is 0 Å². The van der Waals surface area contributed by atoms with Gasteiger partial charge in [0.25, 0.3) is 0 Å². The van der Waals surface area contributed by atoms with Crippen LogP contribution in [0.5, 0.6) is 0 Å². The third-order valence-electron chi connectivity index (χ3n) is 2.68. The first-order valence-electron chi connectivity index (χ1n) is 6.04. The van der Waals surface area contributed by atoms with E-state index in [9.17, 15) is 4.79 Å². The summed E-state index contributed by atoms with van der Waals surface area (Å²) in [6.07, 6.45) is 2.62. The second-order valence-corrected chi connectivity index (χ2v) is 4.24. The summed E-state index contributed by atoms with van der Waals surface area (Å²) < 4.78 is 5.34. The number of benzene rings is 1. The van der Waals surface area contributed by atoms with Crippen molar-refractivity contribution in [1.29, 1.82) is 0 Å². The summed E-state index contributed by atoms with van der Waals surface area (Å²) in [6.45, 7) is 7.29. The molecule has 0 aliphatic rings. The highest BCUT2D eigenvalue weighted by Crippen LogP contribution is 2.11. The lowest BCUT2D eigenvalue weighted by atomic mass is 10.1. The molecule has 1 unspecified atom stereocenters. The molecule has 0 saturated heterocycles. The van der Waals surface area contributed by atoms with E-state index in [-0.39, 0.29) is 12.1 Å². The summed E-state index contributed by atoms with van der Waals surface area (Å²) in [5.74, 6) is -0.287. The number of hydrogen-bond acceptors (Lipinski definition) is 2. The number of hydrogen-bond donors (Lipinski definition) is 0. The molecule has 1 aromatic carbocycles. The van der Waals surface area contributed by atoms with Crippen LogP contribution >= 0.6 is 0 Å². The van der Waals surface area contributed by atoms with E-state index in [0.717, 1.165) is 19.3 Å². The molecule has 2 heteroatoms. The molecule has 0 N–H and O–H groups in total. The van der Waals surface area contributed by atoms with Crippen molar-refractivity contribution in [3.63, 3.8) is 0 Å². The molecule has 0 bridgehead atoms. The van der Waals surface area contributed by atoms with Gasteiger partial charge in [0, 0.05) is 5.57 Å². The van der Waals surface area contributed by atoms with Crippen molar-refractivity contribution in [2.75, 3.05) is 0 Å². The number of carbonyl (C=O) groups is 1. The van der Waals surface area contributed by atoms with Crippen LogP contribution in [0.2, 0.25) is 0 Å². The number of esters is 1. The van der Waals surface area contributed by atoms with Crippen molar-refractivity contribution in [3.8, 4) is 0 Å². The van der Waals surface area contributed by atoms with Crippen LogP contribution in [0.4, 0.5) is 0 Å². The molecule has 0 aliphatic heterocycles. The molecule has 1 rings (SSSR count). The molecule has 0 amide bonds. The van der Waals surface area contributed by atoms with Gasteiger partial charge < -0.3 is 4.74 Å². The molecule has 0 aromatic heterocycles. The maximum Gasteiger partial charge on any atom is 0.333 e. The maximum atomic E-state index is 11.4. The molecular formula is C15H20O2. The van der Waals surface area contributed by atoms with Crippen LogP contribution in [0.15, 0.2) is 42.5 Å². The second-order valence-electron chi connectivity index (χ2n) is 4.24. The van der Waals surface area contributed by atoms with Crippen molar-refractivity contribution < 1.29 is 9.53 Å². The molecule has 0 aliphatic carbocycles. The smallest absolute Gasteiger partial charge is 0.333 e. The quantitative estimate of drug-likeness (QED) is 0.554. The number of aryl methyl sites for hydroxylation is 1. The largest absolute Gasteiger partial charge is 0.459 e. The number of ether oxygens (including phenoxy) is 1. The molecule has 17 heavy (non-hydrogen) atoms. The van der Waals surface area contributed by atoms with Crippen LogP contribution in [-0.4, -0.2) is 12.1 Å². The molecule has 1 aromatic rings. The predicted octanol–water partition coefficient (Wildman–Crippen LogP) is 3.52. The van der Waals surface area contributed by atoms with E-state index in [4.69, 9.17) is 4.74 Å². The van der Waals surface area contributed by atoms with E-state index in [0.29, 0.717) is 5.57 Å². The predicted molar refractivity (Wildman–Crippen MR) is 69.7 cm³/mol. The van der Waals surface area contributed by atoms with E-state index < -0.39 is 0 Å². The van der Waals surface area contributed by atoms with Gasteiger partial charge in [-0.05, 0) is 31.7 Å². The molecular weight excluding hydrogens is 212 g/mol. The summed E-state index contributed by atoms with van der Waals surface area (Å²) in [5, 5.41) is 0. The zero-order valence-electron chi connectivity index (χ0n) is 10.6. The van der Waals surface area contributed by atoms with Gasteiger partial charge in [-0.1, -0.05) is 43.8 Å². The minimum Gasteiger partial charge on any atom is -0.459 e. The zero-order valence-corrected chi connectivity index (χ0v) is 10.6. The Kier molecular flexibility index (Phi) is 5.47. The second kappa shape index (κ2) is 6.89. The molecule has 0 radical (unpaired) electrons. The molecule has 1 atom stereocenters. The fraction of sp³-hybridized carbons (Fsp3) is 0.400. The average Bonchev–Trinajstić information content (AvgIpc) is 2.35. The minimum absolute atomic E-state index is 0.0144. The van der Waals surface area contributed by atoms with Crippen molar-refractivity contribution in [1.82, 2.24) is 0 Å². The van der Waals surface area contributed by atoms with Crippen LogP contribution in [0, 0.1) is 0 Å². The van der Waals surface area contributed by atoms with Gasteiger partial charge in [-0.2, -0.15) is 0 Å². The van der Waals surface area contributed by atoms with Crippen molar-refractivity contribution in [3.05, 3.63) is 48.0 Å². The van der Waals surface area contributed by atoms with Crippen molar-refractivity contribution in [2.45, 2.75) is 39.2 Å². The summed E-state index contributed by atoms with van der Waals surface area (Å²) in [7, 11) is 0. The fourth-order valence-electron chi connectivity index (χ4n) is 1.57. The monoisotopic (exact) mass is 232 g/mol. The zero-order chi connectivity index (χ0) is 12.7. The first kappa shape index (κ1) is 13.5. The van der Waals surface area contributed by atoms with Crippen LogP contribution in [0.1, 0.15) is 32.3 Å². The highest BCUT2D eigenvalue weighted by molar-refractivity contribution is 5.87. The third-order valence-corrected chi connectivity index (χ3v) is 2.68. The Morgan fingerprint density at radius 2 is 2.00 bits per heavy atom. The lowest BCUT2D eigenvalue weighted by molar-refractivity contribution is -0.144. The lowest BCUT2D eigenvalue weighted by Crippen LogP contribution is -2.18. The van der Waals surface area contributed by atoms with Gasteiger partial charge in [-0.3, -0.25) is 0 Å². The summed E-state index contributed by atoms with van der Waals surface area (Å²) in [5.41, 5.74) is 1.74. The number of carbonyl (C=O) groups excluding carboxylic acids is 1. The fourth-order valence-corrected chi connectivity index (χ4v) is 1.57. The Bertz CT molecular complexity index is 368. The van der Waals surface area contributed by atoms with E-state index in [1.54, 1.807) is 6.92 Å². The molecule has 0 heterocycles. The molecule has 0 fully saturated rings. The van der Waals surface area contributed by atoms with Gasteiger partial charge in [0.05, 0.1) is 0 Å². The Balaban J connectivity index is 2.43. The highest BCUT2D eigenvalue weighted by atomic mass is 16.5. The van der Waals surface area contributed by atoms with Crippen molar-refractivity contribution in [2.24, 2.45) is 0 Å². The maximum absolute atomic E-state index is 11.4. The summed E-state index contributed by atoms with van der Waals surface area (Å²) in [4.78, 5) is 11.4. The standard InChI is InChI=1S/C15H20O2/c1-4-14(17-15(16)12(2)3)11-10-13-8-6-5-7-9-13/h5-9,14H,2,4,10-11H2,1,3H3. The van der Waals surface area contributed by atoms with E-state index in [1.165, 1.54) is 5.56 Å². The SMILES string of the molecule is C=C(C)C(=O)OC(CC)CCc1ccccc1. The van der Waals surface area contributed by atoms with Gasteiger partial charge in [0.2, 0.25) is 0 Å². The molecule has 92 valence electrons. The van der Waals surface area contributed by atoms with Gasteiger partial charge in [-0.25, -0.2) is 4.79 Å². The van der Waals surface area contributed by atoms with Crippen LogP contribution in [0.3, 0.4) is 0 Å². The average molecular weight is 232 g/mol. The molecule has 2 nitrogen and oxygen atoms in total. The lowest BCUT2D eigenvalue weighted by Gasteiger charge is -2.16. The first-order valence-corrected chi connectivity index (χ1v) is 6.04. The van der Waals surface area contributed by atoms with Crippen molar-refractivity contribution >= 4 is 5.97 Å². The topological polar surface area (TPSA) is 26.3 Å². The highest BCUT2D eigenvalue weighted by Gasteiger charge is 2.12. The number of rotatable bonds is 6. The Labute approximate surface area is 103 Å². The Morgan fingerprint density at radius 1 is 1.35 bits per heavy atom. The van der Waals surface area contributed by atoms with Crippen LogP contribution in [-0.2, 0) is 16.0 Å². The summed E-state index contributed by atoms with van der Waals surface area (Å²) in [6, 6.07) is 10.2.